The van der Waals surface area contributed by atoms with Crippen molar-refractivity contribution < 1.29 is 52.3 Å². The summed E-state index contributed by atoms with van der Waals surface area (Å²) < 4.78 is 40.5. The van der Waals surface area contributed by atoms with E-state index in [9.17, 15) is 19.2 Å². The number of hydrogen-bond donors (Lipinski definition) is 0. The van der Waals surface area contributed by atoms with Gasteiger partial charge in [0.05, 0.1) is 25.2 Å². The predicted molar refractivity (Wildman–Crippen MR) is 176 cm³/mol. The summed E-state index contributed by atoms with van der Waals surface area (Å²) in [6.07, 6.45) is -1.46. The number of aryl methyl sites for hydroxylation is 1. The van der Waals surface area contributed by atoms with E-state index >= 15 is 0 Å². The second-order valence-electron chi connectivity index (χ2n) is 13.8. The van der Waals surface area contributed by atoms with Gasteiger partial charge in [0, 0.05) is 63.0 Å². The monoisotopic (exact) mass is 692 g/mol. The van der Waals surface area contributed by atoms with Gasteiger partial charge in [0.2, 0.25) is 13.1 Å². The van der Waals surface area contributed by atoms with E-state index < -0.39 is 42.4 Å². The molecular formula is C37H44N2O11. The van der Waals surface area contributed by atoms with Crippen molar-refractivity contribution in [2.75, 3.05) is 52.8 Å². The number of carbonyl (C=O) groups is 4. The van der Waals surface area contributed by atoms with Crippen molar-refractivity contribution in [3.8, 4) is 17.2 Å². The molecule has 5 aliphatic rings. The highest BCUT2D eigenvalue weighted by atomic mass is 16.7. The molecule has 268 valence electrons. The van der Waals surface area contributed by atoms with E-state index in [0.717, 1.165) is 31.6 Å². The molecule has 0 aromatic heterocycles. The van der Waals surface area contributed by atoms with Crippen molar-refractivity contribution in [1.82, 2.24) is 9.80 Å². The first-order chi connectivity index (χ1) is 24.0. The number of hydrogen-bond acceptors (Lipinski definition) is 12. The maximum atomic E-state index is 14.4. The highest BCUT2D eigenvalue weighted by Gasteiger charge is 2.51. The Morgan fingerprint density at radius 3 is 2.36 bits per heavy atom. The van der Waals surface area contributed by atoms with Crippen molar-refractivity contribution in [3.63, 3.8) is 0 Å². The van der Waals surface area contributed by atoms with Crippen LogP contribution in [0.15, 0.2) is 24.3 Å². The van der Waals surface area contributed by atoms with Crippen LogP contribution in [0.5, 0.6) is 17.2 Å². The summed E-state index contributed by atoms with van der Waals surface area (Å²) in [6, 6.07) is 6.67. The Bertz CT molecular complexity index is 1690. The van der Waals surface area contributed by atoms with Crippen molar-refractivity contribution >= 4 is 23.6 Å². The molecule has 7 atom stereocenters. The number of rotatable bonds is 9. The number of esters is 2. The number of ketones is 1. The van der Waals surface area contributed by atoms with E-state index in [1.54, 1.807) is 18.2 Å². The zero-order chi connectivity index (χ0) is 35.3. The molecule has 4 aliphatic heterocycles. The van der Waals surface area contributed by atoms with Crippen LogP contribution in [0.2, 0.25) is 0 Å². The van der Waals surface area contributed by atoms with E-state index in [2.05, 4.69) is 4.90 Å². The number of Topliss-reactive ketones (excluding diaryl/α,β-unsaturated/α-hetero) is 1. The zero-order valence-corrected chi connectivity index (χ0v) is 29.1. The maximum Gasteiger partial charge on any atom is 0.303 e. The summed E-state index contributed by atoms with van der Waals surface area (Å²) >= 11 is 0. The van der Waals surface area contributed by atoms with Gasteiger partial charge in [-0.15, -0.1) is 0 Å². The molecule has 1 aliphatic carbocycles. The molecule has 4 heterocycles. The Labute approximate surface area is 291 Å². The first-order valence-electron chi connectivity index (χ1n) is 17.4. The van der Waals surface area contributed by atoms with Crippen molar-refractivity contribution in [1.29, 1.82) is 0 Å². The van der Waals surface area contributed by atoms with Crippen LogP contribution in [0.4, 0.5) is 0 Å². The van der Waals surface area contributed by atoms with Gasteiger partial charge in [0.1, 0.15) is 24.6 Å². The van der Waals surface area contributed by atoms with Gasteiger partial charge in [0.15, 0.2) is 17.3 Å². The molecule has 0 radical (unpaired) electrons. The van der Waals surface area contributed by atoms with Gasteiger partial charge in [-0.25, -0.2) is 0 Å². The quantitative estimate of drug-likeness (QED) is 0.354. The molecule has 2 aromatic rings. The van der Waals surface area contributed by atoms with Crippen molar-refractivity contribution in [2.45, 2.75) is 71.5 Å². The smallest absolute Gasteiger partial charge is 0.303 e. The third-order valence-electron chi connectivity index (χ3n) is 10.7. The second kappa shape index (κ2) is 13.8. The molecule has 0 N–H and O–H groups in total. The van der Waals surface area contributed by atoms with Gasteiger partial charge in [-0.05, 0) is 54.3 Å². The van der Waals surface area contributed by atoms with Crippen LogP contribution in [0.25, 0.3) is 0 Å². The lowest BCUT2D eigenvalue weighted by Gasteiger charge is -2.43. The fraction of sp³-hybridized carbons (Fsp3) is 0.568. The SMILES string of the molecule is CC(=O)OC[C@H]1O[C@@H](Oc2cc3c(cc2C)C(=O)N(CCCN2CCOCC2)C2c4cc5c(cc4C(=O)C32)OCO5)[C@H](C)[C@@H](C)C1OC(C)=O. The molecule has 50 heavy (non-hydrogen) atoms. The summed E-state index contributed by atoms with van der Waals surface area (Å²) in [5.74, 6) is -0.726. The molecule has 2 aromatic carbocycles. The Hall–Kier alpha value is -4.20. The first kappa shape index (κ1) is 34.3. The van der Waals surface area contributed by atoms with Crippen molar-refractivity contribution in [3.05, 3.63) is 52.1 Å². The molecule has 1 amide bonds. The fourth-order valence-electron chi connectivity index (χ4n) is 7.88. The summed E-state index contributed by atoms with van der Waals surface area (Å²) in [5, 5.41) is 0. The maximum absolute atomic E-state index is 14.4. The van der Waals surface area contributed by atoms with Gasteiger partial charge in [-0.3, -0.25) is 24.1 Å². The Morgan fingerprint density at radius 1 is 0.900 bits per heavy atom. The van der Waals surface area contributed by atoms with Crippen LogP contribution in [0.3, 0.4) is 0 Å². The van der Waals surface area contributed by atoms with E-state index in [4.69, 9.17) is 33.2 Å². The van der Waals surface area contributed by atoms with E-state index in [1.807, 2.05) is 31.7 Å². The van der Waals surface area contributed by atoms with Gasteiger partial charge < -0.3 is 38.1 Å². The number of morpholine rings is 1. The summed E-state index contributed by atoms with van der Waals surface area (Å²) in [4.78, 5) is 56.5. The molecular weight excluding hydrogens is 648 g/mol. The second-order valence-corrected chi connectivity index (χ2v) is 13.8. The number of amides is 1. The normalized spacial score (nSPS) is 28.5. The minimum absolute atomic E-state index is 0.0785. The van der Waals surface area contributed by atoms with Gasteiger partial charge in [-0.1, -0.05) is 13.8 Å². The first-order valence-corrected chi connectivity index (χ1v) is 17.4. The number of benzene rings is 2. The fourth-order valence-corrected chi connectivity index (χ4v) is 7.88. The third kappa shape index (κ3) is 6.31. The average molecular weight is 693 g/mol. The molecule has 2 saturated heterocycles. The van der Waals surface area contributed by atoms with E-state index in [0.29, 0.717) is 59.3 Å². The number of carbonyl (C=O) groups excluding carboxylic acids is 4. The third-order valence-corrected chi connectivity index (χ3v) is 10.7. The van der Waals surface area contributed by atoms with Crippen LogP contribution >= 0.6 is 0 Å². The summed E-state index contributed by atoms with van der Waals surface area (Å²) in [7, 11) is 0. The summed E-state index contributed by atoms with van der Waals surface area (Å²) in [6.45, 7) is 12.7. The van der Waals surface area contributed by atoms with E-state index in [-0.39, 0.29) is 36.9 Å². The standard InChI is InChI=1S/C37H44N2O11/c1-19-13-27-24(14-28(19)49-37-21(3)20(2)35(48-23(5)41)31(50-37)17-45-22(4)40)32-33(25-15-29-30(47-18-46-29)16-26(25)34(32)42)39(36(27)43)8-6-7-38-9-11-44-12-10-38/h13-16,20-21,31-33,35,37H,6-12,17-18H2,1-5H3/t20-,21-,31-,32?,33?,35?,37-/m1/s1. The van der Waals surface area contributed by atoms with Crippen LogP contribution in [-0.4, -0.2) is 105 Å². The van der Waals surface area contributed by atoms with E-state index in [1.165, 1.54) is 13.8 Å². The molecule has 13 heteroatoms. The lowest BCUT2D eigenvalue weighted by Crippen LogP contribution is -2.54. The van der Waals surface area contributed by atoms with Gasteiger partial charge in [0.25, 0.3) is 5.91 Å². The molecule has 3 unspecified atom stereocenters. The highest BCUT2D eigenvalue weighted by molar-refractivity contribution is 6.11. The minimum atomic E-state index is -0.797. The van der Waals surface area contributed by atoms with Crippen molar-refractivity contribution in [2.24, 2.45) is 11.8 Å². The highest BCUT2D eigenvalue weighted by Crippen LogP contribution is 2.54. The lowest BCUT2D eigenvalue weighted by atomic mass is 9.81. The Balaban J connectivity index is 1.20. The molecule has 0 saturated carbocycles. The number of nitrogens with zero attached hydrogens (tertiary/aromatic N) is 2. The predicted octanol–water partition coefficient (Wildman–Crippen LogP) is 3.79. The zero-order valence-electron chi connectivity index (χ0n) is 29.1. The molecule has 0 spiro atoms. The number of ether oxygens (including phenoxy) is 7. The Kier molecular flexibility index (Phi) is 9.48. The average Bonchev–Trinajstić information content (AvgIpc) is 3.66. The minimum Gasteiger partial charge on any atom is -0.464 e. The molecule has 2 fully saturated rings. The Morgan fingerprint density at radius 2 is 1.64 bits per heavy atom. The number of fused-ring (bicyclic) bond motifs is 6. The van der Waals surface area contributed by atoms with Gasteiger partial charge >= 0.3 is 11.9 Å². The molecule has 7 rings (SSSR count). The van der Waals surface area contributed by atoms with Crippen LogP contribution in [0, 0.1) is 18.8 Å². The van der Waals surface area contributed by atoms with Crippen LogP contribution in [0.1, 0.15) is 83.5 Å². The topological polar surface area (TPSA) is 139 Å². The summed E-state index contributed by atoms with van der Waals surface area (Å²) in [5.41, 5.74) is 3.04. The molecule has 13 nitrogen and oxygen atoms in total. The van der Waals surface area contributed by atoms with Gasteiger partial charge in [-0.2, -0.15) is 0 Å². The van der Waals surface area contributed by atoms with Crippen LogP contribution in [-0.2, 0) is 28.5 Å². The lowest BCUT2D eigenvalue weighted by molar-refractivity contribution is -0.248. The largest absolute Gasteiger partial charge is 0.464 e. The van der Waals surface area contributed by atoms with Crippen LogP contribution < -0.4 is 14.2 Å². The molecule has 0 bridgehead atoms.